The molecule has 0 spiro atoms. The number of rotatable bonds is 3. The zero-order chi connectivity index (χ0) is 19.4. The highest BCUT2D eigenvalue weighted by Crippen LogP contribution is 2.46. The number of carbonyl (C=O) groups excluding carboxylic acids is 1. The second kappa shape index (κ2) is 6.51. The van der Waals surface area contributed by atoms with E-state index in [-0.39, 0.29) is 17.4 Å². The van der Waals surface area contributed by atoms with Gasteiger partial charge in [0, 0.05) is 10.7 Å². The Kier molecular flexibility index (Phi) is 5.39. The number of hydrogen-bond donors (Lipinski definition) is 1. The zero-order valence-electron chi connectivity index (χ0n) is 16.4. The summed E-state index contributed by atoms with van der Waals surface area (Å²) in [5, 5.41) is 10.5. The fourth-order valence-corrected chi connectivity index (χ4v) is 4.65. The number of ketones is 1. The highest BCUT2D eigenvalue weighted by atomic mass is 79.9. The fraction of sp³-hybridized carbons (Fsp3) is 0.722. The summed E-state index contributed by atoms with van der Waals surface area (Å²) in [6.45, 7) is 14.9. The summed E-state index contributed by atoms with van der Waals surface area (Å²) in [5.74, 6) is 0.557. The van der Waals surface area contributed by atoms with E-state index in [9.17, 15) is 9.90 Å². The first kappa shape index (κ1) is 20.7. The van der Waals surface area contributed by atoms with Gasteiger partial charge < -0.3 is 19.2 Å². The third kappa shape index (κ3) is 3.48. The molecule has 0 saturated carbocycles. The summed E-state index contributed by atoms with van der Waals surface area (Å²) in [7, 11) is -0.607. The van der Waals surface area contributed by atoms with E-state index >= 15 is 0 Å². The van der Waals surface area contributed by atoms with Crippen molar-refractivity contribution in [1.29, 1.82) is 0 Å². The maximum atomic E-state index is 12.8. The summed E-state index contributed by atoms with van der Waals surface area (Å²) in [5.41, 5.74) is 0.0651. The van der Waals surface area contributed by atoms with Gasteiger partial charge in [-0.05, 0) is 32.0 Å². The third-order valence-corrected chi connectivity index (χ3v) is 10.8. The highest BCUT2D eigenvalue weighted by molar-refractivity contribution is 9.11. The normalized spacial score (nSPS) is 27.2. The molecule has 25 heavy (non-hydrogen) atoms. The minimum absolute atomic E-state index is 0.00586. The molecule has 2 unspecified atom stereocenters. The van der Waals surface area contributed by atoms with Gasteiger partial charge in [-0.3, -0.25) is 4.79 Å². The fourth-order valence-electron chi connectivity index (χ4n) is 2.84. The van der Waals surface area contributed by atoms with Crippen molar-refractivity contribution in [3.8, 4) is 0 Å². The van der Waals surface area contributed by atoms with E-state index in [0.29, 0.717) is 10.2 Å². The van der Waals surface area contributed by atoms with Crippen molar-refractivity contribution < 1.29 is 19.1 Å². The molecule has 1 fully saturated rings. The van der Waals surface area contributed by atoms with E-state index in [0.717, 1.165) is 5.70 Å². The van der Waals surface area contributed by atoms with Gasteiger partial charge in [0.15, 0.2) is 19.9 Å². The first-order chi connectivity index (χ1) is 11.2. The first-order valence-electron chi connectivity index (χ1n) is 8.55. The number of ether oxygens (including phenoxy) is 1. The van der Waals surface area contributed by atoms with Crippen LogP contribution in [0.15, 0.2) is 22.1 Å². The topological polar surface area (TPSA) is 59.0 Å². The molecule has 0 aliphatic carbocycles. The molecule has 0 radical (unpaired) electrons. The van der Waals surface area contributed by atoms with E-state index in [2.05, 4.69) is 49.8 Å². The van der Waals surface area contributed by atoms with Gasteiger partial charge in [-0.15, -0.1) is 0 Å². The minimum Gasteiger partial charge on any atom is -0.496 e. The van der Waals surface area contributed by atoms with Gasteiger partial charge in [0.2, 0.25) is 0 Å². The molecule has 2 aliphatic rings. The lowest BCUT2D eigenvalue weighted by Gasteiger charge is -2.50. The molecule has 1 N–H and O–H groups in total. The Labute approximate surface area is 160 Å². The van der Waals surface area contributed by atoms with E-state index in [1.54, 1.807) is 13.3 Å². The molecule has 1 saturated heterocycles. The van der Waals surface area contributed by atoms with Gasteiger partial charge >= 0.3 is 0 Å². The van der Waals surface area contributed by atoms with Crippen molar-refractivity contribution in [2.75, 3.05) is 13.7 Å². The highest BCUT2D eigenvalue weighted by Gasteiger charge is 2.53. The van der Waals surface area contributed by atoms with Gasteiger partial charge in [0.25, 0.3) is 0 Å². The molecular weight excluding hydrogens is 402 g/mol. The predicted octanol–water partition coefficient (Wildman–Crippen LogP) is 3.76. The van der Waals surface area contributed by atoms with Crippen molar-refractivity contribution in [3.05, 3.63) is 22.1 Å². The second-order valence-corrected chi connectivity index (χ2v) is 14.6. The summed E-state index contributed by atoms with van der Waals surface area (Å²) >= 11 is 3.37. The van der Waals surface area contributed by atoms with E-state index in [4.69, 9.17) is 9.16 Å². The Hall–Kier alpha value is -0.633. The SMILES string of the molecule is COC1=C2C(O[Si](C)(C)C(C)(C)C)C(C)(C)C(=O)CN2C=C(Br)C1O. The minimum atomic E-state index is -2.15. The number of methoxy groups -OCH3 is 1. The summed E-state index contributed by atoms with van der Waals surface area (Å²) < 4.78 is 12.8. The third-order valence-electron chi connectivity index (χ3n) is 5.73. The number of aliphatic hydroxyl groups excluding tert-OH is 1. The van der Waals surface area contributed by atoms with E-state index in [1.165, 1.54) is 0 Å². The van der Waals surface area contributed by atoms with Crippen LogP contribution in [-0.4, -0.2) is 50.0 Å². The molecule has 0 aromatic carbocycles. The van der Waals surface area contributed by atoms with Crippen LogP contribution in [0.25, 0.3) is 0 Å². The van der Waals surface area contributed by atoms with Gasteiger partial charge in [0.1, 0.15) is 12.2 Å². The number of nitrogens with zero attached hydrogens (tertiary/aromatic N) is 1. The average molecular weight is 432 g/mol. The van der Waals surface area contributed by atoms with Crippen molar-refractivity contribution in [2.24, 2.45) is 5.41 Å². The Morgan fingerprint density at radius 1 is 1.36 bits per heavy atom. The number of halogens is 1. The number of fused-ring (bicyclic) bond motifs is 1. The van der Waals surface area contributed by atoms with Crippen molar-refractivity contribution in [3.63, 3.8) is 0 Å². The van der Waals surface area contributed by atoms with Gasteiger partial charge in [-0.25, -0.2) is 0 Å². The molecule has 2 aliphatic heterocycles. The average Bonchev–Trinajstić information content (AvgIpc) is 2.45. The summed E-state index contributed by atoms with van der Waals surface area (Å²) in [6.07, 6.45) is 0.416. The number of aliphatic hydroxyl groups is 1. The quantitative estimate of drug-likeness (QED) is 0.689. The Bertz CT molecular complexity index is 633. The van der Waals surface area contributed by atoms with Crippen LogP contribution in [0.4, 0.5) is 0 Å². The molecule has 0 amide bonds. The van der Waals surface area contributed by atoms with Crippen molar-refractivity contribution in [2.45, 2.75) is 65.0 Å². The summed E-state index contributed by atoms with van der Waals surface area (Å²) in [4.78, 5) is 14.7. The van der Waals surface area contributed by atoms with Crippen molar-refractivity contribution >= 4 is 30.0 Å². The lowest BCUT2D eigenvalue weighted by atomic mass is 9.76. The maximum absolute atomic E-state index is 12.8. The number of carbonyl (C=O) groups is 1. The van der Waals surface area contributed by atoms with Gasteiger partial charge in [-0.2, -0.15) is 0 Å². The van der Waals surface area contributed by atoms with Gasteiger partial charge in [-0.1, -0.05) is 36.7 Å². The molecule has 7 heteroatoms. The Morgan fingerprint density at radius 3 is 2.40 bits per heavy atom. The first-order valence-corrected chi connectivity index (χ1v) is 12.2. The molecule has 2 atom stereocenters. The lowest BCUT2D eigenvalue weighted by Crippen LogP contribution is -2.58. The smallest absolute Gasteiger partial charge is 0.193 e. The number of Topliss-reactive ketones (excluding diaryl/α,β-unsaturated/α-hetero) is 1. The van der Waals surface area contributed by atoms with Crippen LogP contribution >= 0.6 is 15.9 Å². The predicted molar refractivity (Wildman–Crippen MR) is 105 cm³/mol. The second-order valence-electron chi connectivity index (χ2n) is 8.90. The molecule has 5 nitrogen and oxygen atoms in total. The molecule has 2 rings (SSSR count). The number of piperidine rings is 1. The van der Waals surface area contributed by atoms with E-state index in [1.807, 2.05) is 18.7 Å². The van der Waals surface area contributed by atoms with Crippen molar-refractivity contribution in [1.82, 2.24) is 4.90 Å². The molecule has 142 valence electrons. The van der Waals surface area contributed by atoms with Crippen LogP contribution in [0.3, 0.4) is 0 Å². The largest absolute Gasteiger partial charge is 0.496 e. The lowest BCUT2D eigenvalue weighted by molar-refractivity contribution is -0.136. The monoisotopic (exact) mass is 431 g/mol. The molecular formula is C18H30BrNO4Si. The van der Waals surface area contributed by atoms with E-state index < -0.39 is 25.9 Å². The molecule has 2 heterocycles. The molecule has 0 bridgehead atoms. The Balaban J connectivity index is 2.59. The van der Waals surface area contributed by atoms with Crippen LogP contribution in [0.5, 0.6) is 0 Å². The molecule has 0 aromatic rings. The maximum Gasteiger partial charge on any atom is 0.193 e. The van der Waals surface area contributed by atoms with Crippen LogP contribution in [0, 0.1) is 5.41 Å². The standard InChI is InChI=1S/C18H30BrNO4Si/c1-17(2,3)25(7,8)24-16-13-15(23-6)14(22)11(19)9-20(13)10-12(21)18(16,4)5/h9,14,16,22H,10H2,1-8H3. The zero-order valence-corrected chi connectivity index (χ0v) is 19.0. The number of hydrogen-bond acceptors (Lipinski definition) is 5. The molecule has 0 aromatic heterocycles. The van der Waals surface area contributed by atoms with Gasteiger partial charge in [0.05, 0.1) is 24.8 Å². The summed E-state index contributed by atoms with van der Waals surface area (Å²) in [6, 6.07) is 0. The van der Waals surface area contributed by atoms with Crippen LogP contribution < -0.4 is 0 Å². The Morgan fingerprint density at radius 2 is 1.92 bits per heavy atom. The van der Waals surface area contributed by atoms with Crippen LogP contribution in [0.2, 0.25) is 18.1 Å². The van der Waals surface area contributed by atoms with Crippen LogP contribution in [-0.2, 0) is 14.0 Å². The van der Waals surface area contributed by atoms with Crippen LogP contribution in [0.1, 0.15) is 34.6 Å².